The standard InChI is InChI=1S/C24H30ClN3O6/c1-4-32-19-14-17(15-20(33-5-2)22(19)34-6-3)24(31)28-27-21(29)8-7-13-26-23(30)16-9-11-18(25)12-10-16/h9-12,14-15H,4-8,13H2,1-3H3,(H,26,30)(H,27,29)(H,28,31). The van der Waals surface area contributed by atoms with Gasteiger partial charge in [0.05, 0.1) is 19.8 Å². The number of carbonyl (C=O) groups is 3. The molecule has 0 atom stereocenters. The Hall–Kier alpha value is -3.46. The molecule has 0 radical (unpaired) electrons. The molecule has 10 heteroatoms. The summed E-state index contributed by atoms with van der Waals surface area (Å²) in [5.74, 6) is -0.000590. The lowest BCUT2D eigenvalue weighted by Gasteiger charge is -2.17. The summed E-state index contributed by atoms with van der Waals surface area (Å²) in [7, 11) is 0. The van der Waals surface area contributed by atoms with Gasteiger partial charge in [-0.1, -0.05) is 11.6 Å². The maximum atomic E-state index is 12.6. The lowest BCUT2D eigenvalue weighted by atomic mass is 10.1. The Labute approximate surface area is 204 Å². The first kappa shape index (κ1) is 26.8. The van der Waals surface area contributed by atoms with Crippen LogP contribution in [0.5, 0.6) is 17.2 Å². The van der Waals surface area contributed by atoms with Gasteiger partial charge in [-0.2, -0.15) is 0 Å². The zero-order chi connectivity index (χ0) is 24.9. The third-order valence-electron chi connectivity index (χ3n) is 4.46. The van der Waals surface area contributed by atoms with Gasteiger partial charge in [0.25, 0.3) is 11.8 Å². The molecule has 2 rings (SSSR count). The summed E-state index contributed by atoms with van der Waals surface area (Å²) < 4.78 is 16.8. The molecule has 2 aromatic rings. The molecule has 2 aromatic carbocycles. The van der Waals surface area contributed by atoms with Gasteiger partial charge < -0.3 is 19.5 Å². The fraction of sp³-hybridized carbons (Fsp3) is 0.375. The van der Waals surface area contributed by atoms with Crippen LogP contribution in [0.1, 0.15) is 54.3 Å². The average Bonchev–Trinajstić information content (AvgIpc) is 2.82. The van der Waals surface area contributed by atoms with Gasteiger partial charge in [0.15, 0.2) is 11.5 Å². The topological polar surface area (TPSA) is 115 Å². The first-order valence-electron chi connectivity index (χ1n) is 11.1. The Morgan fingerprint density at radius 2 is 1.38 bits per heavy atom. The van der Waals surface area contributed by atoms with Crippen molar-refractivity contribution in [2.45, 2.75) is 33.6 Å². The Kier molecular flexibility index (Phi) is 11.0. The van der Waals surface area contributed by atoms with E-state index >= 15 is 0 Å². The molecule has 0 aliphatic carbocycles. The molecule has 0 unspecified atom stereocenters. The molecule has 0 saturated heterocycles. The van der Waals surface area contributed by atoms with Gasteiger partial charge in [-0.25, -0.2) is 0 Å². The zero-order valence-electron chi connectivity index (χ0n) is 19.5. The van der Waals surface area contributed by atoms with E-state index in [2.05, 4.69) is 16.2 Å². The highest BCUT2D eigenvalue weighted by atomic mass is 35.5. The van der Waals surface area contributed by atoms with E-state index in [-0.39, 0.29) is 17.9 Å². The van der Waals surface area contributed by atoms with Crippen LogP contribution in [0.2, 0.25) is 5.02 Å². The third kappa shape index (κ3) is 8.15. The van der Waals surface area contributed by atoms with Gasteiger partial charge in [0.2, 0.25) is 11.7 Å². The Bertz CT molecular complexity index is 954. The summed E-state index contributed by atoms with van der Waals surface area (Å²) in [4.78, 5) is 36.7. The molecule has 9 nitrogen and oxygen atoms in total. The van der Waals surface area contributed by atoms with Crippen LogP contribution >= 0.6 is 11.6 Å². The summed E-state index contributed by atoms with van der Waals surface area (Å²) in [5.41, 5.74) is 5.47. The van der Waals surface area contributed by atoms with Crippen molar-refractivity contribution in [2.75, 3.05) is 26.4 Å². The van der Waals surface area contributed by atoms with Crippen LogP contribution in [0.15, 0.2) is 36.4 Å². The molecule has 0 aliphatic heterocycles. The van der Waals surface area contributed by atoms with Gasteiger partial charge in [0, 0.05) is 29.1 Å². The number of ether oxygens (including phenoxy) is 3. The maximum Gasteiger partial charge on any atom is 0.269 e. The quantitative estimate of drug-likeness (QED) is 0.309. The van der Waals surface area contributed by atoms with Gasteiger partial charge >= 0.3 is 0 Å². The van der Waals surface area contributed by atoms with Crippen molar-refractivity contribution in [1.29, 1.82) is 0 Å². The third-order valence-corrected chi connectivity index (χ3v) is 4.71. The Morgan fingerprint density at radius 3 is 1.94 bits per heavy atom. The molecule has 3 N–H and O–H groups in total. The van der Waals surface area contributed by atoms with Crippen LogP contribution in [-0.4, -0.2) is 44.1 Å². The summed E-state index contributed by atoms with van der Waals surface area (Å²) in [5, 5.41) is 3.27. The first-order chi connectivity index (χ1) is 16.4. The molecular formula is C24H30ClN3O6. The van der Waals surface area contributed by atoms with Crippen molar-refractivity contribution in [3.8, 4) is 17.2 Å². The lowest BCUT2D eigenvalue weighted by molar-refractivity contribution is -0.121. The molecule has 0 heterocycles. The van der Waals surface area contributed by atoms with E-state index in [9.17, 15) is 14.4 Å². The van der Waals surface area contributed by atoms with E-state index in [0.717, 1.165) is 0 Å². The minimum Gasteiger partial charge on any atom is -0.490 e. The van der Waals surface area contributed by atoms with Crippen molar-refractivity contribution in [3.63, 3.8) is 0 Å². The fourth-order valence-corrected chi connectivity index (χ4v) is 3.06. The van der Waals surface area contributed by atoms with E-state index in [4.69, 9.17) is 25.8 Å². The molecule has 0 bridgehead atoms. The van der Waals surface area contributed by atoms with E-state index in [1.54, 1.807) is 24.3 Å². The molecule has 0 saturated carbocycles. The second-order valence-corrected chi connectivity index (χ2v) is 7.41. The highest BCUT2D eigenvalue weighted by Crippen LogP contribution is 2.39. The van der Waals surface area contributed by atoms with Crippen molar-refractivity contribution in [1.82, 2.24) is 16.2 Å². The molecule has 0 aliphatic rings. The summed E-state index contributed by atoms with van der Waals surface area (Å²) >= 11 is 5.81. The van der Waals surface area contributed by atoms with Gasteiger partial charge in [-0.15, -0.1) is 0 Å². The number of halogens is 1. The van der Waals surface area contributed by atoms with Crippen LogP contribution in [0.4, 0.5) is 0 Å². The molecule has 184 valence electrons. The van der Waals surface area contributed by atoms with Crippen LogP contribution in [-0.2, 0) is 4.79 Å². The van der Waals surface area contributed by atoms with Crippen molar-refractivity contribution in [2.24, 2.45) is 0 Å². The van der Waals surface area contributed by atoms with Crippen LogP contribution in [0, 0.1) is 0 Å². The smallest absolute Gasteiger partial charge is 0.269 e. The van der Waals surface area contributed by atoms with Gasteiger partial charge in [-0.3, -0.25) is 25.2 Å². The van der Waals surface area contributed by atoms with E-state index < -0.39 is 11.8 Å². The lowest BCUT2D eigenvalue weighted by Crippen LogP contribution is -2.41. The number of hydrazine groups is 1. The second kappa shape index (κ2) is 13.9. The number of hydrogen-bond acceptors (Lipinski definition) is 6. The normalized spacial score (nSPS) is 10.2. The zero-order valence-corrected chi connectivity index (χ0v) is 20.3. The SMILES string of the molecule is CCOc1cc(C(=O)NNC(=O)CCCNC(=O)c2ccc(Cl)cc2)cc(OCC)c1OCC. The molecule has 0 spiro atoms. The van der Waals surface area contributed by atoms with Gasteiger partial charge in [-0.05, 0) is 63.6 Å². The minimum absolute atomic E-state index is 0.110. The summed E-state index contributed by atoms with van der Waals surface area (Å²) in [6.45, 7) is 6.94. The number of hydrogen-bond donors (Lipinski definition) is 3. The fourth-order valence-electron chi connectivity index (χ4n) is 2.94. The second-order valence-electron chi connectivity index (χ2n) is 6.97. The number of amides is 3. The van der Waals surface area contributed by atoms with Crippen LogP contribution in [0.3, 0.4) is 0 Å². The summed E-state index contributed by atoms with van der Waals surface area (Å²) in [6.07, 6.45) is 0.506. The van der Waals surface area contributed by atoms with Gasteiger partial charge in [0.1, 0.15) is 0 Å². The molecule has 34 heavy (non-hydrogen) atoms. The van der Waals surface area contributed by atoms with E-state index in [0.29, 0.717) is 60.6 Å². The van der Waals surface area contributed by atoms with Crippen LogP contribution < -0.4 is 30.4 Å². The molecular weight excluding hydrogens is 462 g/mol. The van der Waals surface area contributed by atoms with Crippen molar-refractivity contribution >= 4 is 29.3 Å². The predicted octanol–water partition coefficient (Wildman–Crippen LogP) is 3.51. The largest absolute Gasteiger partial charge is 0.490 e. The van der Waals surface area contributed by atoms with E-state index in [1.165, 1.54) is 12.1 Å². The monoisotopic (exact) mass is 491 g/mol. The van der Waals surface area contributed by atoms with E-state index in [1.807, 2.05) is 20.8 Å². The number of benzene rings is 2. The van der Waals surface area contributed by atoms with Crippen molar-refractivity contribution < 1.29 is 28.6 Å². The number of carbonyl (C=O) groups excluding carboxylic acids is 3. The molecule has 0 fully saturated rings. The predicted molar refractivity (Wildman–Crippen MR) is 129 cm³/mol. The summed E-state index contributed by atoms with van der Waals surface area (Å²) in [6, 6.07) is 9.57. The Balaban J connectivity index is 1.86. The maximum absolute atomic E-state index is 12.6. The molecule has 3 amide bonds. The average molecular weight is 492 g/mol. The first-order valence-corrected chi connectivity index (χ1v) is 11.5. The highest BCUT2D eigenvalue weighted by Gasteiger charge is 2.18. The number of nitrogens with one attached hydrogen (secondary N) is 3. The van der Waals surface area contributed by atoms with Crippen LogP contribution in [0.25, 0.3) is 0 Å². The Morgan fingerprint density at radius 1 is 0.794 bits per heavy atom. The number of rotatable bonds is 12. The molecule has 0 aromatic heterocycles. The highest BCUT2D eigenvalue weighted by molar-refractivity contribution is 6.30. The minimum atomic E-state index is -0.533. The van der Waals surface area contributed by atoms with Crippen molar-refractivity contribution in [3.05, 3.63) is 52.5 Å².